The van der Waals surface area contributed by atoms with Crippen LogP contribution >= 0.6 is 15.9 Å². The molecule has 0 aliphatic heterocycles. The number of hydrogen-bond acceptors (Lipinski definition) is 3. The van der Waals surface area contributed by atoms with Gasteiger partial charge in [-0.3, -0.25) is 9.48 Å². The first kappa shape index (κ1) is 13.4. The molecule has 0 aliphatic carbocycles. The number of halogens is 1. The van der Waals surface area contributed by atoms with E-state index in [0.717, 1.165) is 4.47 Å². The van der Waals surface area contributed by atoms with E-state index in [4.69, 9.17) is 5.73 Å². The average Bonchev–Trinajstić information content (AvgIpc) is 2.59. The van der Waals surface area contributed by atoms with Gasteiger partial charge in [-0.1, -0.05) is 6.92 Å². The molecular weight excluding hydrogens is 270 g/mol. The summed E-state index contributed by atoms with van der Waals surface area (Å²) >= 11 is 3.36. The first-order chi connectivity index (χ1) is 7.47. The van der Waals surface area contributed by atoms with Gasteiger partial charge in [0.25, 0.3) is 0 Å². The third kappa shape index (κ3) is 2.92. The highest BCUT2D eigenvalue weighted by atomic mass is 79.9. The molecular formula is C11H18BrN3O. The van der Waals surface area contributed by atoms with E-state index in [2.05, 4.69) is 21.0 Å². The number of ketones is 1. The number of carbonyl (C=O) groups excluding carboxylic acids is 1. The van der Waals surface area contributed by atoms with Crippen molar-refractivity contribution in [3.63, 3.8) is 0 Å². The summed E-state index contributed by atoms with van der Waals surface area (Å²) in [7, 11) is 0. The summed E-state index contributed by atoms with van der Waals surface area (Å²) < 4.78 is 2.51. The number of aromatic nitrogens is 2. The minimum absolute atomic E-state index is 0.0935. The van der Waals surface area contributed by atoms with Crippen molar-refractivity contribution in [3.8, 4) is 0 Å². The molecule has 90 valence electrons. The first-order valence-corrected chi connectivity index (χ1v) is 6.23. The van der Waals surface area contributed by atoms with Gasteiger partial charge in [0, 0.05) is 12.5 Å². The Bertz CT molecular complexity index is 373. The van der Waals surface area contributed by atoms with Crippen LogP contribution in [0.25, 0.3) is 0 Å². The molecule has 16 heavy (non-hydrogen) atoms. The zero-order valence-electron chi connectivity index (χ0n) is 9.90. The van der Waals surface area contributed by atoms with Crippen LogP contribution in [0.4, 0.5) is 0 Å². The van der Waals surface area contributed by atoms with Crippen molar-refractivity contribution >= 4 is 21.7 Å². The minimum atomic E-state index is 0.0935. The van der Waals surface area contributed by atoms with Crippen molar-refractivity contribution in [2.75, 3.05) is 6.54 Å². The molecule has 0 spiro atoms. The lowest BCUT2D eigenvalue weighted by Crippen LogP contribution is -2.19. The molecule has 0 saturated carbocycles. The normalized spacial score (nSPS) is 13.1. The SMILES string of the molecule is CC(CN)CC(=O)c1c(Br)cnn1C(C)C. The van der Waals surface area contributed by atoms with Gasteiger partial charge >= 0.3 is 0 Å². The van der Waals surface area contributed by atoms with Gasteiger partial charge in [0.1, 0.15) is 5.69 Å². The summed E-state index contributed by atoms with van der Waals surface area (Å²) in [5, 5.41) is 4.19. The number of carbonyl (C=O) groups is 1. The van der Waals surface area contributed by atoms with Crippen LogP contribution < -0.4 is 5.73 Å². The molecule has 1 aromatic heterocycles. The third-order valence-corrected chi connectivity index (χ3v) is 3.02. The first-order valence-electron chi connectivity index (χ1n) is 5.43. The quantitative estimate of drug-likeness (QED) is 0.846. The Kier molecular flexibility index (Phi) is 4.68. The summed E-state index contributed by atoms with van der Waals surface area (Å²) in [6, 6.07) is 0.179. The Morgan fingerprint density at radius 3 is 2.69 bits per heavy atom. The molecule has 0 aliphatic rings. The lowest BCUT2D eigenvalue weighted by atomic mass is 10.0. The summed E-state index contributed by atoms with van der Waals surface area (Å²) in [6.07, 6.45) is 2.13. The van der Waals surface area contributed by atoms with E-state index in [1.54, 1.807) is 10.9 Å². The Morgan fingerprint density at radius 1 is 1.56 bits per heavy atom. The highest BCUT2D eigenvalue weighted by Gasteiger charge is 2.20. The molecule has 0 aromatic carbocycles. The Morgan fingerprint density at radius 2 is 2.19 bits per heavy atom. The highest BCUT2D eigenvalue weighted by molar-refractivity contribution is 9.10. The molecule has 0 saturated heterocycles. The summed E-state index contributed by atoms with van der Waals surface area (Å²) in [4.78, 5) is 12.1. The topological polar surface area (TPSA) is 60.9 Å². The standard InChI is InChI=1S/C11H18BrN3O/c1-7(2)15-11(9(12)6-14-15)10(16)4-8(3)5-13/h6-8H,4-5,13H2,1-3H3. The molecule has 1 atom stereocenters. The zero-order chi connectivity index (χ0) is 12.3. The Hall–Kier alpha value is -0.680. The maximum absolute atomic E-state index is 12.1. The van der Waals surface area contributed by atoms with E-state index in [-0.39, 0.29) is 17.7 Å². The van der Waals surface area contributed by atoms with E-state index < -0.39 is 0 Å². The van der Waals surface area contributed by atoms with Crippen molar-refractivity contribution < 1.29 is 4.79 Å². The predicted octanol–water partition coefficient (Wildman–Crippen LogP) is 2.39. The number of nitrogens with two attached hydrogens (primary N) is 1. The van der Waals surface area contributed by atoms with Crippen molar-refractivity contribution in [2.45, 2.75) is 33.2 Å². The molecule has 1 aromatic rings. The second-order valence-electron chi connectivity index (χ2n) is 4.35. The third-order valence-electron chi connectivity index (χ3n) is 2.44. The van der Waals surface area contributed by atoms with Crippen LogP contribution in [-0.4, -0.2) is 22.1 Å². The Balaban J connectivity index is 2.94. The Labute approximate surface area is 104 Å². The van der Waals surface area contributed by atoms with Crippen LogP contribution in [0.2, 0.25) is 0 Å². The van der Waals surface area contributed by atoms with Crippen LogP contribution in [-0.2, 0) is 0 Å². The molecule has 4 nitrogen and oxygen atoms in total. The predicted molar refractivity (Wildman–Crippen MR) is 67.5 cm³/mol. The lowest BCUT2D eigenvalue weighted by Gasteiger charge is -2.12. The van der Waals surface area contributed by atoms with Crippen LogP contribution in [0.1, 0.15) is 43.7 Å². The zero-order valence-corrected chi connectivity index (χ0v) is 11.5. The van der Waals surface area contributed by atoms with Crippen molar-refractivity contribution in [2.24, 2.45) is 11.7 Å². The second-order valence-corrected chi connectivity index (χ2v) is 5.20. The van der Waals surface area contributed by atoms with Crippen LogP contribution in [0.5, 0.6) is 0 Å². The van der Waals surface area contributed by atoms with E-state index in [9.17, 15) is 4.79 Å². The van der Waals surface area contributed by atoms with Gasteiger partial charge < -0.3 is 5.73 Å². The lowest BCUT2D eigenvalue weighted by molar-refractivity contribution is 0.0952. The fourth-order valence-corrected chi connectivity index (χ4v) is 1.98. The molecule has 0 radical (unpaired) electrons. The van der Waals surface area contributed by atoms with Gasteiger partial charge in [-0.15, -0.1) is 0 Å². The molecule has 0 amide bonds. The smallest absolute Gasteiger partial charge is 0.182 e. The van der Waals surface area contributed by atoms with Crippen molar-refractivity contribution in [1.82, 2.24) is 9.78 Å². The maximum Gasteiger partial charge on any atom is 0.182 e. The maximum atomic E-state index is 12.1. The number of rotatable bonds is 5. The summed E-state index contributed by atoms with van der Waals surface area (Å²) in [6.45, 7) is 6.51. The van der Waals surface area contributed by atoms with E-state index >= 15 is 0 Å². The van der Waals surface area contributed by atoms with E-state index in [1.165, 1.54) is 0 Å². The largest absolute Gasteiger partial charge is 0.330 e. The van der Waals surface area contributed by atoms with Gasteiger partial charge in [-0.05, 0) is 42.2 Å². The monoisotopic (exact) mass is 287 g/mol. The summed E-state index contributed by atoms with van der Waals surface area (Å²) in [5.74, 6) is 0.297. The number of hydrogen-bond donors (Lipinski definition) is 1. The molecule has 0 fully saturated rings. The van der Waals surface area contributed by atoms with Gasteiger partial charge in [0.05, 0.1) is 10.7 Å². The van der Waals surface area contributed by atoms with Crippen molar-refractivity contribution in [3.05, 3.63) is 16.4 Å². The fourth-order valence-electron chi connectivity index (χ4n) is 1.49. The highest BCUT2D eigenvalue weighted by Crippen LogP contribution is 2.22. The molecule has 1 unspecified atom stereocenters. The van der Waals surface area contributed by atoms with Gasteiger partial charge in [-0.2, -0.15) is 5.10 Å². The number of nitrogens with zero attached hydrogens (tertiary/aromatic N) is 2. The van der Waals surface area contributed by atoms with E-state index in [1.807, 2.05) is 20.8 Å². The molecule has 0 bridgehead atoms. The second kappa shape index (κ2) is 5.59. The molecule has 2 N–H and O–H groups in total. The van der Waals surface area contributed by atoms with Gasteiger partial charge in [-0.25, -0.2) is 0 Å². The fraction of sp³-hybridized carbons (Fsp3) is 0.636. The van der Waals surface area contributed by atoms with Crippen LogP contribution in [0.15, 0.2) is 10.7 Å². The molecule has 5 heteroatoms. The van der Waals surface area contributed by atoms with E-state index in [0.29, 0.717) is 18.7 Å². The van der Waals surface area contributed by atoms with Crippen molar-refractivity contribution in [1.29, 1.82) is 0 Å². The molecule has 1 rings (SSSR count). The van der Waals surface area contributed by atoms with Gasteiger partial charge in [0.2, 0.25) is 0 Å². The minimum Gasteiger partial charge on any atom is -0.330 e. The van der Waals surface area contributed by atoms with Crippen LogP contribution in [0.3, 0.4) is 0 Å². The molecule has 1 heterocycles. The summed E-state index contributed by atoms with van der Waals surface area (Å²) in [5.41, 5.74) is 6.17. The average molecular weight is 288 g/mol. The van der Waals surface area contributed by atoms with Crippen LogP contribution in [0, 0.1) is 5.92 Å². The number of Topliss-reactive ketones (excluding diaryl/α,β-unsaturated/α-hetero) is 1. The van der Waals surface area contributed by atoms with Gasteiger partial charge in [0.15, 0.2) is 5.78 Å².